The number of hydrogen-bond acceptors (Lipinski definition) is 4. The van der Waals surface area contributed by atoms with Crippen LogP contribution in [0, 0.1) is 10.8 Å². The van der Waals surface area contributed by atoms with Gasteiger partial charge >= 0.3 is 5.97 Å². The van der Waals surface area contributed by atoms with Crippen LogP contribution in [0.4, 0.5) is 0 Å². The summed E-state index contributed by atoms with van der Waals surface area (Å²) in [6.07, 6.45) is 14.7. The minimum Gasteiger partial charge on any atom is -0.469 e. The molecule has 1 aliphatic heterocycles. The molecule has 1 unspecified atom stereocenters. The summed E-state index contributed by atoms with van der Waals surface area (Å²) in [7, 11) is 1.42. The number of esters is 1. The predicted molar refractivity (Wildman–Crippen MR) is 98.6 cm³/mol. The maximum atomic E-state index is 10.9. The van der Waals surface area contributed by atoms with Crippen LogP contribution in [-0.2, 0) is 14.3 Å². The fourth-order valence-electron chi connectivity index (χ4n) is 2.40. The molecule has 1 heterocycles. The van der Waals surface area contributed by atoms with Crippen LogP contribution in [0.1, 0.15) is 51.4 Å². The maximum absolute atomic E-state index is 10.9. The molecule has 0 spiro atoms. The van der Waals surface area contributed by atoms with Crippen LogP contribution in [0.15, 0.2) is 24.3 Å². The van der Waals surface area contributed by atoms with Gasteiger partial charge < -0.3 is 14.6 Å². The average Bonchev–Trinajstić information content (AvgIpc) is 3.34. The van der Waals surface area contributed by atoms with Gasteiger partial charge in [0.05, 0.1) is 19.3 Å². The largest absolute Gasteiger partial charge is 0.469 e. The number of unbranched alkanes of at least 4 members (excludes halogenated alkanes) is 4. The van der Waals surface area contributed by atoms with Crippen LogP contribution in [0.5, 0.6) is 0 Å². The van der Waals surface area contributed by atoms with Gasteiger partial charge in [-0.25, -0.2) is 0 Å². The molecule has 24 heavy (non-hydrogen) atoms. The van der Waals surface area contributed by atoms with E-state index in [1.54, 1.807) is 6.08 Å². The van der Waals surface area contributed by atoms with E-state index in [2.05, 4.69) is 31.4 Å². The van der Waals surface area contributed by atoms with E-state index in [0.29, 0.717) is 6.42 Å². The first kappa shape index (κ1) is 21.0. The highest BCUT2D eigenvalue weighted by molar-refractivity contribution is 9.12. The van der Waals surface area contributed by atoms with Crippen molar-refractivity contribution in [3.63, 3.8) is 0 Å². The van der Waals surface area contributed by atoms with Crippen LogP contribution in [0.3, 0.4) is 0 Å². The first-order chi connectivity index (χ1) is 11.7. The minimum absolute atomic E-state index is 0.125. The van der Waals surface area contributed by atoms with Crippen molar-refractivity contribution in [1.29, 1.82) is 0 Å². The summed E-state index contributed by atoms with van der Waals surface area (Å²) in [6.45, 7) is 0. The zero-order valence-electron chi connectivity index (χ0n) is 14.2. The van der Waals surface area contributed by atoms with Crippen molar-refractivity contribution in [2.45, 2.75) is 69.7 Å². The fourth-order valence-corrected chi connectivity index (χ4v) is 2.53. The Hall–Kier alpha value is -1.09. The third-order valence-electron chi connectivity index (χ3n) is 3.88. The Morgan fingerprint density at radius 2 is 2.08 bits per heavy atom. The standard InChI is InChI=1S/C19H27BrO4/c1-23-19(22)12-8-4-2-3-6-10-16(21)13-14-18-17(24-18)11-7-5-9-15-20/h5,7,13-14,16-18,21H,2-4,6,8,10-12H2,1H3/b7-5-,14-13+/t16?,17-,18-/m0/s1. The number of carbonyl (C=O) groups excluding carboxylic acids is 1. The molecule has 0 aromatic heterocycles. The number of ether oxygens (including phenoxy) is 2. The topological polar surface area (TPSA) is 59.1 Å². The smallest absolute Gasteiger partial charge is 0.305 e. The maximum Gasteiger partial charge on any atom is 0.305 e. The SMILES string of the molecule is COC(=O)CCCCCCCC(O)/C=C/[C@@H]1O[C@H]1C/C=C\C#CBr. The molecule has 134 valence electrons. The molecule has 5 heteroatoms. The molecule has 0 bridgehead atoms. The number of methoxy groups -OCH3 is 1. The Morgan fingerprint density at radius 1 is 1.33 bits per heavy atom. The molecule has 0 amide bonds. The van der Waals surface area contributed by atoms with E-state index in [1.807, 2.05) is 18.2 Å². The summed E-state index contributed by atoms with van der Waals surface area (Å²) in [6, 6.07) is 0. The van der Waals surface area contributed by atoms with E-state index >= 15 is 0 Å². The Morgan fingerprint density at radius 3 is 2.83 bits per heavy atom. The van der Waals surface area contributed by atoms with E-state index in [9.17, 15) is 9.90 Å². The van der Waals surface area contributed by atoms with Crippen molar-refractivity contribution < 1.29 is 19.4 Å². The molecule has 0 aromatic rings. The van der Waals surface area contributed by atoms with Gasteiger partial charge in [-0.05, 0) is 30.2 Å². The number of aliphatic hydroxyl groups is 1. The third-order valence-corrected chi connectivity index (χ3v) is 4.11. The molecule has 1 N–H and O–H groups in total. The highest BCUT2D eigenvalue weighted by atomic mass is 79.9. The summed E-state index contributed by atoms with van der Waals surface area (Å²) >= 11 is 3.03. The molecule has 0 aromatic carbocycles. The van der Waals surface area contributed by atoms with Crippen LogP contribution in [0.2, 0.25) is 0 Å². The predicted octanol–water partition coefficient (Wildman–Crippen LogP) is 3.88. The molecule has 1 fully saturated rings. The summed E-state index contributed by atoms with van der Waals surface area (Å²) in [5, 5.41) is 9.92. The Bertz CT molecular complexity index is 475. The van der Waals surface area contributed by atoms with Crippen molar-refractivity contribution in [3.8, 4) is 10.8 Å². The zero-order chi connectivity index (χ0) is 17.6. The van der Waals surface area contributed by atoms with Gasteiger partial charge in [0.15, 0.2) is 0 Å². The molecule has 1 rings (SSSR count). The second-order valence-electron chi connectivity index (χ2n) is 5.85. The normalized spacial score (nSPS) is 20.8. The highest BCUT2D eigenvalue weighted by Gasteiger charge is 2.34. The number of rotatable bonds is 12. The van der Waals surface area contributed by atoms with Gasteiger partial charge in [-0.3, -0.25) is 4.79 Å². The van der Waals surface area contributed by atoms with Crippen LogP contribution >= 0.6 is 15.9 Å². The van der Waals surface area contributed by atoms with Gasteiger partial charge in [-0.2, -0.15) is 0 Å². The number of epoxide rings is 1. The quantitative estimate of drug-likeness (QED) is 0.178. The summed E-state index contributed by atoms with van der Waals surface area (Å²) in [5.74, 6) is 2.66. The van der Waals surface area contributed by atoms with E-state index in [0.717, 1.165) is 44.9 Å². The van der Waals surface area contributed by atoms with E-state index in [4.69, 9.17) is 4.74 Å². The van der Waals surface area contributed by atoms with Gasteiger partial charge in [-0.1, -0.05) is 49.8 Å². The first-order valence-corrected chi connectivity index (χ1v) is 9.31. The Balaban J connectivity index is 1.97. The first-order valence-electron chi connectivity index (χ1n) is 8.52. The molecule has 0 saturated carbocycles. The van der Waals surface area contributed by atoms with Crippen molar-refractivity contribution in [2.24, 2.45) is 0 Å². The number of hydrogen-bond donors (Lipinski definition) is 1. The molecule has 0 aliphatic carbocycles. The van der Waals surface area contributed by atoms with Crippen molar-refractivity contribution in [2.75, 3.05) is 7.11 Å². The Kier molecular flexibility index (Phi) is 11.5. The summed E-state index contributed by atoms with van der Waals surface area (Å²) < 4.78 is 10.1. The summed E-state index contributed by atoms with van der Waals surface area (Å²) in [4.78, 5) is 13.6. The lowest BCUT2D eigenvalue weighted by Crippen LogP contribution is -2.02. The lowest BCUT2D eigenvalue weighted by Gasteiger charge is -2.05. The molecule has 4 nitrogen and oxygen atoms in total. The molecule has 1 aliphatic rings. The third kappa shape index (κ3) is 10.6. The molecular weight excluding hydrogens is 372 g/mol. The second kappa shape index (κ2) is 13.2. The number of allylic oxidation sites excluding steroid dienone is 1. The van der Waals surface area contributed by atoms with Gasteiger partial charge in [0.25, 0.3) is 0 Å². The van der Waals surface area contributed by atoms with Crippen molar-refractivity contribution in [3.05, 3.63) is 24.3 Å². The number of aliphatic hydroxyl groups excluding tert-OH is 1. The molecule has 1 saturated heterocycles. The van der Waals surface area contributed by atoms with Crippen molar-refractivity contribution >= 4 is 21.9 Å². The van der Waals surface area contributed by atoms with Gasteiger partial charge in [0.2, 0.25) is 0 Å². The number of halogens is 1. The number of carbonyl (C=O) groups is 1. The molecule has 3 atom stereocenters. The second-order valence-corrected chi connectivity index (χ2v) is 6.25. The molecular formula is C19H27BrO4. The molecule has 0 radical (unpaired) electrons. The Labute approximate surface area is 153 Å². The fraction of sp³-hybridized carbons (Fsp3) is 0.632. The lowest BCUT2D eigenvalue weighted by atomic mass is 10.1. The van der Waals surface area contributed by atoms with Crippen LogP contribution in [0.25, 0.3) is 0 Å². The van der Waals surface area contributed by atoms with E-state index in [1.165, 1.54) is 7.11 Å². The average molecular weight is 399 g/mol. The van der Waals surface area contributed by atoms with Gasteiger partial charge in [-0.15, -0.1) is 0 Å². The monoisotopic (exact) mass is 398 g/mol. The van der Waals surface area contributed by atoms with Crippen molar-refractivity contribution in [1.82, 2.24) is 0 Å². The lowest BCUT2D eigenvalue weighted by molar-refractivity contribution is -0.140. The minimum atomic E-state index is -0.403. The van der Waals surface area contributed by atoms with Crippen LogP contribution < -0.4 is 0 Å². The van der Waals surface area contributed by atoms with E-state index in [-0.39, 0.29) is 18.2 Å². The van der Waals surface area contributed by atoms with Gasteiger partial charge in [0.1, 0.15) is 6.10 Å². The highest BCUT2D eigenvalue weighted by Crippen LogP contribution is 2.27. The zero-order valence-corrected chi connectivity index (χ0v) is 15.8. The van der Waals surface area contributed by atoms with E-state index < -0.39 is 6.10 Å². The van der Waals surface area contributed by atoms with Crippen LogP contribution in [-0.4, -0.2) is 36.5 Å². The summed E-state index contributed by atoms with van der Waals surface area (Å²) in [5.41, 5.74) is 0. The van der Waals surface area contributed by atoms with Gasteiger partial charge in [0, 0.05) is 22.4 Å².